The van der Waals surface area contributed by atoms with Crippen LogP contribution in [0.3, 0.4) is 0 Å². The fraction of sp³-hybridized carbons (Fsp3) is 0.353. The summed E-state index contributed by atoms with van der Waals surface area (Å²) in [6.07, 6.45) is 3.70. The number of nitrogens with zero attached hydrogens (tertiary/aromatic N) is 4. The van der Waals surface area contributed by atoms with Crippen molar-refractivity contribution in [1.82, 2.24) is 19.5 Å². The number of imidazole rings is 1. The van der Waals surface area contributed by atoms with Crippen LogP contribution in [-0.2, 0) is 19.2 Å². The van der Waals surface area contributed by atoms with Crippen LogP contribution in [0.2, 0.25) is 0 Å². The molecule has 0 saturated carbocycles. The topological polar surface area (TPSA) is 131 Å². The van der Waals surface area contributed by atoms with Crippen molar-refractivity contribution in [3.05, 3.63) is 36.9 Å². The third-order valence-corrected chi connectivity index (χ3v) is 5.00. The first-order chi connectivity index (χ1) is 13.5. The third-order valence-electron chi connectivity index (χ3n) is 4.53. The Bertz CT molecular complexity index is 1100. The van der Waals surface area contributed by atoms with Crippen LogP contribution in [0.5, 0.6) is 5.75 Å². The van der Waals surface area contributed by atoms with Crippen molar-refractivity contribution in [3.63, 3.8) is 0 Å². The molecule has 1 aliphatic heterocycles. The number of nitrogens with two attached hydrogens (primary N) is 1. The highest BCUT2D eigenvalue weighted by molar-refractivity contribution is 7.84. The van der Waals surface area contributed by atoms with E-state index in [0.29, 0.717) is 35.4 Å². The first-order valence-electron chi connectivity index (χ1n) is 8.60. The van der Waals surface area contributed by atoms with E-state index in [-0.39, 0.29) is 18.9 Å². The Labute approximate surface area is 161 Å². The van der Waals surface area contributed by atoms with E-state index in [0.717, 1.165) is 5.56 Å². The predicted molar refractivity (Wildman–Crippen MR) is 99.5 cm³/mol. The smallest absolute Gasteiger partial charge is 0.333 e. The molecule has 0 amide bonds. The summed E-state index contributed by atoms with van der Waals surface area (Å²) in [6, 6.07) is 7.55. The second-order valence-electron chi connectivity index (χ2n) is 6.31. The van der Waals surface area contributed by atoms with Crippen LogP contribution in [0.1, 0.15) is 19.1 Å². The Morgan fingerprint density at radius 3 is 2.86 bits per heavy atom. The van der Waals surface area contributed by atoms with Crippen molar-refractivity contribution in [1.29, 1.82) is 0 Å². The molecule has 1 aromatic carbocycles. The summed E-state index contributed by atoms with van der Waals surface area (Å²) >= 11 is 0. The van der Waals surface area contributed by atoms with Gasteiger partial charge in [-0.1, -0.05) is 12.1 Å². The van der Waals surface area contributed by atoms with Crippen molar-refractivity contribution in [2.45, 2.75) is 25.2 Å². The highest BCUT2D eigenvalue weighted by Crippen LogP contribution is 2.35. The monoisotopic (exact) mass is 405 g/mol. The lowest BCUT2D eigenvalue weighted by molar-refractivity contribution is -0.0149. The van der Waals surface area contributed by atoms with Gasteiger partial charge in [-0.3, -0.25) is 8.75 Å². The molecule has 0 bridgehead atoms. The average molecular weight is 405 g/mol. The Morgan fingerprint density at radius 1 is 1.25 bits per heavy atom. The lowest BCUT2D eigenvalue weighted by Crippen LogP contribution is -2.23. The standard InChI is InChI=1S/C17H19N5O5S/c1-25-13-5-3-2-4-12(13)15-16-17(20-9-19-15)22(10-21-16)14-7-6-11(27-14)8-26-28(18,23)24/h2-5,9-11,14H,6-8H2,1H3,(H2,18,23,24)/t11-,14+/m0/s1. The van der Waals surface area contributed by atoms with Crippen LogP contribution >= 0.6 is 0 Å². The van der Waals surface area contributed by atoms with Gasteiger partial charge in [-0.25, -0.2) is 20.1 Å². The van der Waals surface area contributed by atoms with E-state index in [1.165, 1.54) is 6.33 Å². The Kier molecular flexibility index (Phi) is 4.98. The van der Waals surface area contributed by atoms with E-state index in [4.69, 9.17) is 14.6 Å². The number of rotatable bonds is 6. The zero-order valence-corrected chi connectivity index (χ0v) is 15.9. The summed E-state index contributed by atoms with van der Waals surface area (Å²) in [5, 5.41) is 4.86. The number of ether oxygens (including phenoxy) is 2. The second kappa shape index (κ2) is 7.43. The van der Waals surface area contributed by atoms with Crippen LogP contribution in [0.4, 0.5) is 0 Å². The maximum absolute atomic E-state index is 11.0. The summed E-state index contributed by atoms with van der Waals surface area (Å²) in [5.74, 6) is 0.689. The maximum Gasteiger partial charge on any atom is 0.333 e. The molecule has 0 unspecified atom stereocenters. The minimum absolute atomic E-state index is 0.122. The molecule has 11 heteroatoms. The average Bonchev–Trinajstić information content (AvgIpc) is 3.32. The molecule has 2 atom stereocenters. The van der Waals surface area contributed by atoms with E-state index < -0.39 is 10.3 Å². The Hall–Kier alpha value is -2.60. The zero-order chi connectivity index (χ0) is 19.7. The number of fused-ring (bicyclic) bond motifs is 1. The molecular formula is C17H19N5O5S. The van der Waals surface area contributed by atoms with E-state index in [1.54, 1.807) is 13.4 Å². The van der Waals surface area contributed by atoms with Crippen LogP contribution in [0, 0.1) is 0 Å². The summed E-state index contributed by atoms with van der Waals surface area (Å²) in [7, 11) is -2.39. The minimum atomic E-state index is -3.99. The first kappa shape index (κ1) is 18.7. The maximum atomic E-state index is 11.0. The highest BCUT2D eigenvalue weighted by Gasteiger charge is 2.29. The third kappa shape index (κ3) is 3.69. The SMILES string of the molecule is COc1ccccc1-c1ncnc2c1ncn2[C@H]1CC[C@@H](COS(N)(=O)=O)O1. The number of hydrogen-bond donors (Lipinski definition) is 1. The number of benzene rings is 1. The molecule has 1 saturated heterocycles. The van der Waals surface area contributed by atoms with E-state index in [1.807, 2.05) is 28.8 Å². The van der Waals surface area contributed by atoms with E-state index >= 15 is 0 Å². The number of methoxy groups -OCH3 is 1. The van der Waals surface area contributed by atoms with Gasteiger partial charge in [-0.05, 0) is 25.0 Å². The normalized spacial score (nSPS) is 19.9. The molecule has 28 heavy (non-hydrogen) atoms. The van der Waals surface area contributed by atoms with Gasteiger partial charge in [-0.2, -0.15) is 8.42 Å². The molecular weight excluding hydrogens is 386 g/mol. The summed E-state index contributed by atoms with van der Waals surface area (Å²) in [4.78, 5) is 13.2. The van der Waals surface area contributed by atoms with Gasteiger partial charge in [0.1, 0.15) is 29.5 Å². The molecule has 0 aliphatic carbocycles. The van der Waals surface area contributed by atoms with Crippen molar-refractivity contribution in [3.8, 4) is 17.0 Å². The molecule has 3 aromatic rings. The lowest BCUT2D eigenvalue weighted by atomic mass is 10.1. The van der Waals surface area contributed by atoms with E-state index in [9.17, 15) is 8.42 Å². The Balaban J connectivity index is 1.63. The summed E-state index contributed by atoms with van der Waals surface area (Å²) < 4.78 is 39.7. The summed E-state index contributed by atoms with van der Waals surface area (Å²) in [5.41, 5.74) is 2.72. The molecule has 0 radical (unpaired) electrons. The molecule has 1 aliphatic rings. The Morgan fingerprint density at radius 2 is 2.07 bits per heavy atom. The molecule has 1 fully saturated rings. The van der Waals surface area contributed by atoms with Crippen LogP contribution in [0.15, 0.2) is 36.9 Å². The van der Waals surface area contributed by atoms with Gasteiger partial charge >= 0.3 is 10.3 Å². The van der Waals surface area contributed by atoms with Crippen molar-refractivity contribution in [2.75, 3.05) is 13.7 Å². The van der Waals surface area contributed by atoms with Crippen molar-refractivity contribution < 1.29 is 22.1 Å². The fourth-order valence-electron chi connectivity index (χ4n) is 3.28. The zero-order valence-electron chi connectivity index (χ0n) is 15.1. The van der Waals surface area contributed by atoms with Gasteiger partial charge in [0.25, 0.3) is 0 Å². The molecule has 3 heterocycles. The fourth-order valence-corrected chi connectivity index (χ4v) is 3.63. The van der Waals surface area contributed by atoms with E-state index in [2.05, 4.69) is 19.1 Å². The predicted octanol–water partition coefficient (Wildman–Crippen LogP) is 1.40. The lowest BCUT2D eigenvalue weighted by Gasteiger charge is -2.15. The first-order valence-corrected chi connectivity index (χ1v) is 10.1. The van der Waals surface area contributed by atoms with Gasteiger partial charge < -0.3 is 9.47 Å². The molecule has 2 aromatic heterocycles. The largest absolute Gasteiger partial charge is 0.496 e. The quantitative estimate of drug-likeness (QED) is 0.651. The van der Waals surface area contributed by atoms with Gasteiger partial charge in [-0.15, -0.1) is 0 Å². The van der Waals surface area contributed by atoms with Crippen LogP contribution in [0.25, 0.3) is 22.4 Å². The van der Waals surface area contributed by atoms with Crippen LogP contribution in [-0.4, -0.2) is 47.8 Å². The van der Waals surface area contributed by atoms with Gasteiger partial charge in [0.2, 0.25) is 0 Å². The van der Waals surface area contributed by atoms with Gasteiger partial charge in [0.15, 0.2) is 5.65 Å². The molecule has 148 valence electrons. The van der Waals surface area contributed by atoms with Gasteiger partial charge in [0.05, 0.1) is 26.1 Å². The number of aromatic nitrogens is 4. The van der Waals surface area contributed by atoms with Crippen molar-refractivity contribution in [2.24, 2.45) is 5.14 Å². The van der Waals surface area contributed by atoms with Gasteiger partial charge in [0, 0.05) is 5.56 Å². The minimum Gasteiger partial charge on any atom is -0.496 e. The molecule has 0 spiro atoms. The molecule has 2 N–H and O–H groups in total. The number of para-hydroxylation sites is 1. The van der Waals surface area contributed by atoms with Crippen molar-refractivity contribution >= 4 is 21.5 Å². The molecule has 4 rings (SSSR count). The number of hydrogen-bond acceptors (Lipinski definition) is 8. The molecule has 10 nitrogen and oxygen atoms in total. The second-order valence-corrected chi connectivity index (χ2v) is 7.54. The highest BCUT2D eigenvalue weighted by atomic mass is 32.2. The summed E-state index contributed by atoms with van der Waals surface area (Å²) in [6.45, 7) is -0.122. The van der Waals surface area contributed by atoms with Crippen LogP contribution < -0.4 is 9.88 Å².